The Morgan fingerprint density at radius 1 is 0.978 bits per heavy atom. The number of aromatic nitrogens is 4. The summed E-state index contributed by atoms with van der Waals surface area (Å²) in [7, 11) is 1.56. The van der Waals surface area contributed by atoms with E-state index in [2.05, 4.69) is 49.8 Å². The Morgan fingerprint density at radius 3 is 2.59 bits per heavy atom. The molecule has 2 aliphatic rings. The molecular formula is C36H36ClN7O2. The highest BCUT2D eigenvalue weighted by molar-refractivity contribution is 6.33. The molecule has 2 aromatic carbocycles. The summed E-state index contributed by atoms with van der Waals surface area (Å²) in [5, 5.41) is 7.08. The topological polar surface area (TPSA) is 105 Å². The summed E-state index contributed by atoms with van der Waals surface area (Å²) in [6.45, 7) is 4.82. The normalized spacial score (nSPS) is 18.0. The van der Waals surface area contributed by atoms with Crippen LogP contribution in [-0.2, 0) is 6.54 Å². The van der Waals surface area contributed by atoms with Crippen LogP contribution < -0.4 is 16.2 Å². The van der Waals surface area contributed by atoms with Crippen LogP contribution in [0.25, 0.3) is 33.3 Å². The van der Waals surface area contributed by atoms with E-state index in [1.54, 1.807) is 42.2 Å². The number of nitrogens with one attached hydrogen (secondary N) is 2. The van der Waals surface area contributed by atoms with Crippen molar-refractivity contribution in [3.63, 3.8) is 0 Å². The standard InChI is InChI=1S/C36H36ClN7O2/c1-3-44-33-26(18-30(35(44)46)29-11-8-23(19-31(29)37)24-12-14-39-32(20-24)34(45)38-2)21-40-36(42-33)41-27-9-6-22(7-10-27)25-13-16-43-15-4-5-28(43)17-25/h6-12,14,18-21,25,28H,3-5,13,15-17H2,1-2H3,(H,38,45)(H,40,41,42). The molecule has 3 aromatic heterocycles. The number of halogens is 1. The Bertz CT molecular complexity index is 1990. The van der Waals surface area contributed by atoms with Crippen LogP contribution in [0.5, 0.6) is 0 Å². The van der Waals surface area contributed by atoms with Crippen LogP contribution in [0, 0.1) is 0 Å². The molecule has 10 heteroatoms. The summed E-state index contributed by atoms with van der Waals surface area (Å²) in [5.74, 6) is 0.778. The Balaban J connectivity index is 1.14. The van der Waals surface area contributed by atoms with Crippen molar-refractivity contribution in [2.45, 2.75) is 51.1 Å². The molecule has 0 radical (unpaired) electrons. The Kier molecular flexibility index (Phi) is 8.27. The van der Waals surface area contributed by atoms with E-state index in [-0.39, 0.29) is 11.5 Å². The Morgan fingerprint density at radius 2 is 1.80 bits per heavy atom. The minimum atomic E-state index is -0.269. The Labute approximate surface area is 272 Å². The first-order chi connectivity index (χ1) is 22.4. The van der Waals surface area contributed by atoms with Gasteiger partial charge in [0.15, 0.2) is 0 Å². The summed E-state index contributed by atoms with van der Waals surface area (Å²) in [6, 6.07) is 20.2. The fourth-order valence-corrected chi connectivity index (χ4v) is 7.26. The number of hydrogen-bond acceptors (Lipinski definition) is 7. The Hall–Kier alpha value is -4.60. The number of aryl methyl sites for hydroxylation is 1. The molecule has 2 atom stereocenters. The van der Waals surface area contributed by atoms with E-state index in [0.717, 1.165) is 28.2 Å². The highest BCUT2D eigenvalue weighted by Crippen LogP contribution is 2.37. The highest BCUT2D eigenvalue weighted by Gasteiger charge is 2.32. The first-order valence-electron chi connectivity index (χ1n) is 15.9. The molecule has 2 N–H and O–H groups in total. The maximum absolute atomic E-state index is 13.8. The number of carbonyl (C=O) groups excluding carboxylic acids is 1. The molecular weight excluding hydrogens is 598 g/mol. The van der Waals surface area contributed by atoms with Crippen LogP contribution in [0.4, 0.5) is 11.6 Å². The lowest BCUT2D eigenvalue weighted by Gasteiger charge is -2.35. The van der Waals surface area contributed by atoms with Crippen molar-refractivity contribution < 1.29 is 4.79 Å². The van der Waals surface area contributed by atoms with E-state index in [1.807, 2.05) is 25.1 Å². The summed E-state index contributed by atoms with van der Waals surface area (Å²) in [4.78, 5) is 42.0. The zero-order valence-corrected chi connectivity index (χ0v) is 26.7. The minimum absolute atomic E-state index is 0.183. The smallest absolute Gasteiger partial charge is 0.269 e. The SMILES string of the molecule is CCn1c(=O)c(-c2ccc(-c3ccnc(C(=O)NC)c3)cc2Cl)cc2cnc(Nc3ccc(C4CCN5CCCC5C4)cc3)nc21. The average molecular weight is 634 g/mol. The summed E-state index contributed by atoms with van der Waals surface area (Å²) in [5.41, 5.74) is 5.67. The van der Waals surface area contributed by atoms with E-state index in [0.29, 0.717) is 45.9 Å². The van der Waals surface area contributed by atoms with Crippen molar-refractivity contribution in [1.29, 1.82) is 0 Å². The van der Waals surface area contributed by atoms with Gasteiger partial charge in [-0.15, -0.1) is 0 Å². The number of pyridine rings is 2. The lowest BCUT2D eigenvalue weighted by Crippen LogP contribution is -2.37. The lowest BCUT2D eigenvalue weighted by atomic mass is 9.85. The fraction of sp³-hybridized carbons (Fsp3) is 0.306. The van der Waals surface area contributed by atoms with E-state index in [9.17, 15) is 9.59 Å². The van der Waals surface area contributed by atoms with Gasteiger partial charge >= 0.3 is 0 Å². The van der Waals surface area contributed by atoms with Gasteiger partial charge in [-0.3, -0.25) is 19.1 Å². The van der Waals surface area contributed by atoms with Gasteiger partial charge in [0.05, 0.1) is 0 Å². The maximum Gasteiger partial charge on any atom is 0.269 e. The molecule has 2 saturated heterocycles. The summed E-state index contributed by atoms with van der Waals surface area (Å²) < 4.78 is 1.65. The number of piperidine rings is 1. The van der Waals surface area contributed by atoms with Crippen molar-refractivity contribution in [3.8, 4) is 22.3 Å². The predicted molar refractivity (Wildman–Crippen MR) is 183 cm³/mol. The van der Waals surface area contributed by atoms with Gasteiger partial charge in [0, 0.05) is 59.3 Å². The molecule has 2 aliphatic heterocycles. The number of rotatable bonds is 7. The largest absolute Gasteiger partial charge is 0.354 e. The van der Waals surface area contributed by atoms with Gasteiger partial charge < -0.3 is 15.5 Å². The summed E-state index contributed by atoms with van der Waals surface area (Å²) >= 11 is 6.78. The molecule has 9 nitrogen and oxygen atoms in total. The fourth-order valence-electron chi connectivity index (χ4n) is 6.98. The van der Waals surface area contributed by atoms with Gasteiger partial charge in [0.25, 0.3) is 11.5 Å². The predicted octanol–water partition coefficient (Wildman–Crippen LogP) is 6.64. The van der Waals surface area contributed by atoms with Gasteiger partial charge in [0.1, 0.15) is 11.3 Å². The lowest BCUT2D eigenvalue weighted by molar-refractivity contribution is 0.0958. The molecule has 2 fully saturated rings. The molecule has 0 saturated carbocycles. The first-order valence-corrected chi connectivity index (χ1v) is 16.3. The van der Waals surface area contributed by atoms with Crippen LogP contribution in [-0.4, -0.2) is 56.5 Å². The molecule has 2 unspecified atom stereocenters. The van der Waals surface area contributed by atoms with Crippen molar-refractivity contribution in [2.75, 3.05) is 25.5 Å². The molecule has 5 aromatic rings. The molecule has 7 rings (SSSR count). The quantitative estimate of drug-likeness (QED) is 0.207. The van der Waals surface area contributed by atoms with E-state index in [4.69, 9.17) is 16.6 Å². The minimum Gasteiger partial charge on any atom is -0.354 e. The van der Waals surface area contributed by atoms with Crippen molar-refractivity contribution >= 4 is 40.2 Å². The van der Waals surface area contributed by atoms with Crippen molar-refractivity contribution in [2.24, 2.45) is 0 Å². The van der Waals surface area contributed by atoms with Crippen LogP contribution in [0.15, 0.2) is 77.9 Å². The number of carbonyl (C=O) groups is 1. The number of hydrogen-bond donors (Lipinski definition) is 2. The molecule has 1 amide bonds. The molecule has 0 bridgehead atoms. The zero-order chi connectivity index (χ0) is 31.8. The van der Waals surface area contributed by atoms with Crippen LogP contribution in [0.1, 0.15) is 54.6 Å². The van der Waals surface area contributed by atoms with Crippen LogP contribution in [0.3, 0.4) is 0 Å². The molecule has 0 spiro atoms. The van der Waals surface area contributed by atoms with Crippen LogP contribution >= 0.6 is 11.6 Å². The summed E-state index contributed by atoms with van der Waals surface area (Å²) in [6.07, 6.45) is 8.45. The number of anilines is 2. The molecule has 234 valence electrons. The molecule has 0 aliphatic carbocycles. The third-order valence-corrected chi connectivity index (χ3v) is 9.73. The number of benzene rings is 2. The number of amides is 1. The first kappa shape index (κ1) is 30.1. The van der Waals surface area contributed by atoms with Crippen LogP contribution in [0.2, 0.25) is 5.02 Å². The van der Waals surface area contributed by atoms with Gasteiger partial charge in [0.2, 0.25) is 5.95 Å². The van der Waals surface area contributed by atoms with Gasteiger partial charge in [-0.05, 0) is 105 Å². The third kappa shape index (κ3) is 5.76. The second-order valence-electron chi connectivity index (χ2n) is 12.1. The number of fused-ring (bicyclic) bond motifs is 2. The monoisotopic (exact) mass is 633 g/mol. The average Bonchev–Trinajstić information content (AvgIpc) is 3.56. The zero-order valence-electron chi connectivity index (χ0n) is 26.0. The molecule has 5 heterocycles. The second-order valence-corrected chi connectivity index (χ2v) is 12.5. The van der Waals surface area contributed by atoms with Gasteiger partial charge in [-0.25, -0.2) is 4.98 Å². The molecule has 46 heavy (non-hydrogen) atoms. The second kappa shape index (κ2) is 12.7. The van der Waals surface area contributed by atoms with Gasteiger partial charge in [-0.2, -0.15) is 4.98 Å². The maximum atomic E-state index is 13.8. The van der Waals surface area contributed by atoms with E-state index < -0.39 is 0 Å². The van der Waals surface area contributed by atoms with E-state index in [1.165, 1.54) is 44.3 Å². The third-order valence-electron chi connectivity index (χ3n) is 9.41. The van der Waals surface area contributed by atoms with E-state index >= 15 is 0 Å². The van der Waals surface area contributed by atoms with Crippen molar-refractivity contribution in [1.82, 2.24) is 29.7 Å². The highest BCUT2D eigenvalue weighted by atomic mass is 35.5. The number of nitrogens with zero attached hydrogens (tertiary/aromatic N) is 5. The van der Waals surface area contributed by atoms with Gasteiger partial charge in [-0.1, -0.05) is 35.9 Å². The van der Waals surface area contributed by atoms with Crippen molar-refractivity contribution in [3.05, 3.63) is 99.7 Å².